The molecular weight excluding hydrogens is 409 g/mol. The van der Waals surface area contributed by atoms with E-state index in [1.807, 2.05) is 0 Å². The van der Waals surface area contributed by atoms with Crippen LogP contribution < -0.4 is 4.90 Å². The van der Waals surface area contributed by atoms with Gasteiger partial charge in [0, 0.05) is 31.9 Å². The number of alkyl halides is 3. The number of carbonyl (C=O) groups excluding carboxylic acids is 2. The number of hydrogen-bond donors (Lipinski definition) is 0. The molecule has 2 aromatic rings. The molecule has 0 aromatic heterocycles. The molecule has 1 aliphatic heterocycles. The van der Waals surface area contributed by atoms with Gasteiger partial charge in [-0.3, -0.25) is 9.59 Å². The van der Waals surface area contributed by atoms with Crippen LogP contribution in [-0.2, 0) is 14.6 Å². The van der Waals surface area contributed by atoms with Crippen LogP contribution in [0.5, 0.6) is 0 Å². The van der Waals surface area contributed by atoms with Gasteiger partial charge in [0.25, 0.3) is 0 Å². The van der Waals surface area contributed by atoms with Gasteiger partial charge < -0.3 is 9.80 Å². The standard InChI is InChI=1S/C19H17F3N2O4S/c20-19(21,22)18(26)24-11-9-23(10-12-24)16-7-4-8-17(15(16)13-25)29(27,28)14-5-2-1-3-6-14/h1-8,13H,9-12H2. The minimum absolute atomic E-state index is 0.0286. The molecule has 0 atom stereocenters. The van der Waals surface area contributed by atoms with Gasteiger partial charge in [-0.1, -0.05) is 24.3 Å². The second-order valence-corrected chi connectivity index (χ2v) is 8.32. The highest BCUT2D eigenvalue weighted by atomic mass is 32.2. The van der Waals surface area contributed by atoms with Crippen LogP contribution in [0.3, 0.4) is 0 Å². The summed E-state index contributed by atoms with van der Waals surface area (Å²) in [5.74, 6) is -1.91. The van der Waals surface area contributed by atoms with Gasteiger partial charge in [-0.25, -0.2) is 8.42 Å². The van der Waals surface area contributed by atoms with Crippen molar-refractivity contribution in [3.8, 4) is 0 Å². The Balaban J connectivity index is 1.90. The Kier molecular flexibility index (Phi) is 5.65. The maximum absolute atomic E-state index is 12.9. The molecule has 0 unspecified atom stereocenters. The molecule has 1 amide bonds. The van der Waals surface area contributed by atoms with E-state index in [9.17, 15) is 31.2 Å². The fraction of sp³-hybridized carbons (Fsp3) is 0.263. The van der Waals surface area contributed by atoms with Crippen molar-refractivity contribution in [2.45, 2.75) is 16.0 Å². The topological polar surface area (TPSA) is 74.8 Å². The van der Waals surface area contributed by atoms with Crippen molar-refractivity contribution in [3.63, 3.8) is 0 Å². The average Bonchev–Trinajstić information content (AvgIpc) is 2.72. The van der Waals surface area contributed by atoms with Crippen LogP contribution in [0.2, 0.25) is 0 Å². The molecular formula is C19H17F3N2O4S. The average molecular weight is 426 g/mol. The lowest BCUT2D eigenvalue weighted by Gasteiger charge is -2.37. The van der Waals surface area contributed by atoms with Crippen LogP contribution in [0.4, 0.5) is 18.9 Å². The fourth-order valence-electron chi connectivity index (χ4n) is 3.22. The van der Waals surface area contributed by atoms with Crippen LogP contribution in [0.15, 0.2) is 58.3 Å². The highest BCUT2D eigenvalue weighted by molar-refractivity contribution is 7.91. The Bertz CT molecular complexity index is 1020. The summed E-state index contributed by atoms with van der Waals surface area (Å²) in [6, 6.07) is 12.0. The van der Waals surface area contributed by atoms with E-state index >= 15 is 0 Å². The number of hydrogen-bond acceptors (Lipinski definition) is 5. The van der Waals surface area contributed by atoms with Crippen LogP contribution in [-0.4, -0.2) is 57.9 Å². The number of benzene rings is 2. The molecule has 154 valence electrons. The van der Waals surface area contributed by atoms with E-state index in [2.05, 4.69) is 0 Å². The minimum atomic E-state index is -4.94. The maximum atomic E-state index is 12.9. The van der Waals surface area contributed by atoms with Crippen LogP contribution in [0, 0.1) is 0 Å². The third-order valence-corrected chi connectivity index (χ3v) is 6.48. The van der Waals surface area contributed by atoms with Crippen molar-refractivity contribution in [1.82, 2.24) is 4.90 Å². The zero-order valence-corrected chi connectivity index (χ0v) is 15.9. The third-order valence-electron chi connectivity index (χ3n) is 4.65. The number of carbonyl (C=O) groups is 2. The molecule has 10 heteroatoms. The van der Waals surface area contributed by atoms with Gasteiger partial charge in [0.1, 0.15) is 0 Å². The summed E-state index contributed by atoms with van der Waals surface area (Å²) in [5.41, 5.74) is 0.239. The number of amides is 1. The first-order chi connectivity index (χ1) is 13.7. The van der Waals surface area contributed by atoms with E-state index in [1.165, 1.54) is 30.3 Å². The molecule has 2 aromatic carbocycles. The fourth-order valence-corrected chi connectivity index (χ4v) is 4.69. The largest absolute Gasteiger partial charge is 0.471 e. The van der Waals surface area contributed by atoms with Crippen LogP contribution in [0.25, 0.3) is 0 Å². The molecule has 0 aliphatic carbocycles. The van der Waals surface area contributed by atoms with Gasteiger partial charge in [-0.05, 0) is 24.3 Å². The lowest BCUT2D eigenvalue weighted by Crippen LogP contribution is -2.52. The number of aldehydes is 1. The van der Waals surface area contributed by atoms with E-state index in [0.717, 1.165) is 0 Å². The Morgan fingerprint density at radius 3 is 2.10 bits per heavy atom. The summed E-state index contributed by atoms with van der Waals surface area (Å²) in [5, 5.41) is 0. The molecule has 0 spiro atoms. The van der Waals surface area contributed by atoms with E-state index in [-0.39, 0.29) is 41.5 Å². The summed E-state index contributed by atoms with van der Waals surface area (Å²) in [4.78, 5) is 25.3. The zero-order chi connectivity index (χ0) is 21.2. The first-order valence-corrected chi connectivity index (χ1v) is 10.1. The number of rotatable bonds is 4. The van der Waals surface area contributed by atoms with Crippen molar-refractivity contribution in [2.24, 2.45) is 0 Å². The highest BCUT2D eigenvalue weighted by Crippen LogP contribution is 2.31. The summed E-state index contributed by atoms with van der Waals surface area (Å²) in [7, 11) is -3.96. The minimum Gasteiger partial charge on any atom is -0.367 e. The molecule has 3 rings (SSSR count). The Morgan fingerprint density at radius 1 is 0.931 bits per heavy atom. The number of nitrogens with zero attached hydrogens (tertiary/aromatic N) is 2. The molecule has 0 bridgehead atoms. The third kappa shape index (κ3) is 4.12. The second kappa shape index (κ2) is 7.86. The Labute approximate surface area is 165 Å². The van der Waals surface area contributed by atoms with Crippen LogP contribution in [0.1, 0.15) is 10.4 Å². The second-order valence-electron chi connectivity index (χ2n) is 6.40. The molecule has 6 nitrogen and oxygen atoms in total. The molecule has 1 heterocycles. The van der Waals surface area contributed by atoms with Gasteiger partial charge in [-0.2, -0.15) is 13.2 Å². The molecule has 1 saturated heterocycles. The lowest BCUT2D eigenvalue weighted by molar-refractivity contribution is -0.185. The van der Waals surface area contributed by atoms with Gasteiger partial charge in [-0.15, -0.1) is 0 Å². The Morgan fingerprint density at radius 2 is 1.55 bits per heavy atom. The molecule has 0 N–H and O–H groups in total. The number of piperazine rings is 1. The normalized spacial score (nSPS) is 15.3. The Hall–Kier alpha value is -2.88. The monoisotopic (exact) mass is 426 g/mol. The SMILES string of the molecule is O=Cc1c(N2CCN(C(=O)C(F)(F)F)CC2)cccc1S(=O)(=O)c1ccccc1. The van der Waals surface area contributed by atoms with E-state index in [4.69, 9.17) is 0 Å². The van der Waals surface area contributed by atoms with Crippen molar-refractivity contribution in [2.75, 3.05) is 31.1 Å². The van der Waals surface area contributed by atoms with Crippen molar-refractivity contribution < 1.29 is 31.2 Å². The summed E-state index contributed by atoms with van der Waals surface area (Å²) in [6.45, 7) is -0.298. The number of halogens is 3. The first kappa shape index (κ1) is 20.8. The van der Waals surface area contributed by atoms with Crippen molar-refractivity contribution in [3.05, 3.63) is 54.1 Å². The lowest BCUT2D eigenvalue weighted by atomic mass is 10.1. The zero-order valence-electron chi connectivity index (χ0n) is 15.1. The highest BCUT2D eigenvalue weighted by Gasteiger charge is 2.43. The van der Waals surface area contributed by atoms with Crippen molar-refractivity contribution in [1.29, 1.82) is 0 Å². The molecule has 1 fully saturated rings. The van der Waals surface area contributed by atoms with Gasteiger partial charge in [0.05, 0.1) is 15.4 Å². The molecule has 0 radical (unpaired) electrons. The number of sulfone groups is 1. The smallest absolute Gasteiger partial charge is 0.367 e. The summed E-state index contributed by atoms with van der Waals surface area (Å²) in [6.07, 6.45) is -4.52. The maximum Gasteiger partial charge on any atom is 0.471 e. The quantitative estimate of drug-likeness (QED) is 0.703. The summed E-state index contributed by atoms with van der Waals surface area (Å²) >= 11 is 0. The summed E-state index contributed by atoms with van der Waals surface area (Å²) < 4.78 is 63.7. The number of anilines is 1. The molecule has 1 aliphatic rings. The van der Waals surface area contributed by atoms with Crippen molar-refractivity contribution >= 4 is 27.7 Å². The molecule has 0 saturated carbocycles. The van der Waals surface area contributed by atoms with Gasteiger partial charge in [0.2, 0.25) is 9.84 Å². The van der Waals surface area contributed by atoms with E-state index < -0.39 is 21.9 Å². The van der Waals surface area contributed by atoms with Gasteiger partial charge >= 0.3 is 12.1 Å². The predicted octanol–water partition coefficient (Wildman–Crippen LogP) is 2.54. The molecule has 29 heavy (non-hydrogen) atoms. The predicted molar refractivity (Wildman–Crippen MR) is 98.6 cm³/mol. The van der Waals surface area contributed by atoms with Gasteiger partial charge in [0.15, 0.2) is 6.29 Å². The van der Waals surface area contributed by atoms with E-state index in [0.29, 0.717) is 16.9 Å². The first-order valence-electron chi connectivity index (χ1n) is 8.65. The van der Waals surface area contributed by atoms with E-state index in [1.54, 1.807) is 23.1 Å². The van der Waals surface area contributed by atoms with Crippen LogP contribution >= 0.6 is 0 Å².